The Morgan fingerprint density at radius 1 is 0.760 bits per heavy atom. The fourth-order valence-corrected chi connectivity index (χ4v) is 2.10. The lowest BCUT2D eigenvalue weighted by Gasteiger charge is -2.10. The molecule has 2 aromatic rings. The molecule has 0 unspecified atom stereocenters. The summed E-state index contributed by atoms with van der Waals surface area (Å²) in [5, 5.41) is 10.6. The molecule has 0 aliphatic carbocycles. The van der Waals surface area contributed by atoms with E-state index >= 15 is 0 Å². The Bertz CT molecular complexity index is 747. The Morgan fingerprint density at radius 3 is 2.04 bits per heavy atom. The molecule has 0 heterocycles. The first-order chi connectivity index (χ1) is 12.1. The van der Waals surface area contributed by atoms with Crippen molar-refractivity contribution >= 4 is 34.9 Å². The Kier molecular flexibility index (Phi) is 6.53. The summed E-state index contributed by atoms with van der Waals surface area (Å²) in [6.45, 7) is 2.26. The van der Waals surface area contributed by atoms with Crippen molar-refractivity contribution in [1.82, 2.24) is 5.32 Å². The third-order valence-electron chi connectivity index (χ3n) is 3.13. The highest BCUT2D eigenvalue weighted by Gasteiger charge is 2.09. The lowest BCUT2D eigenvalue weighted by atomic mass is 10.2. The van der Waals surface area contributed by atoms with E-state index in [0.29, 0.717) is 23.6 Å². The third-order valence-corrected chi connectivity index (χ3v) is 3.13. The zero-order valence-electron chi connectivity index (χ0n) is 13.8. The first-order valence-corrected chi connectivity index (χ1v) is 7.86. The first-order valence-electron chi connectivity index (χ1n) is 7.86. The number of urea groups is 1. The van der Waals surface area contributed by atoms with Gasteiger partial charge in [0.25, 0.3) is 0 Å². The predicted octanol–water partition coefficient (Wildman–Crippen LogP) is 2.80. The Labute approximate surface area is 145 Å². The molecule has 4 amide bonds. The van der Waals surface area contributed by atoms with Crippen molar-refractivity contribution in [2.24, 2.45) is 0 Å². The summed E-state index contributed by atoms with van der Waals surface area (Å²) in [5.74, 6) is -0.756. The molecule has 0 aromatic heterocycles. The van der Waals surface area contributed by atoms with Crippen molar-refractivity contribution in [1.29, 1.82) is 0 Å². The molecule has 0 aliphatic rings. The highest BCUT2D eigenvalue weighted by molar-refractivity contribution is 6.04. The Balaban J connectivity index is 1.91. The molecule has 0 bridgehead atoms. The number of hydrogen-bond donors (Lipinski definition) is 4. The van der Waals surface area contributed by atoms with Gasteiger partial charge in [0.2, 0.25) is 11.8 Å². The molecular weight excluding hydrogens is 320 g/mol. The van der Waals surface area contributed by atoms with Crippen molar-refractivity contribution in [3.05, 3.63) is 54.6 Å². The predicted molar refractivity (Wildman–Crippen MR) is 97.5 cm³/mol. The monoisotopic (exact) mass is 340 g/mol. The van der Waals surface area contributed by atoms with Crippen LogP contribution in [0, 0.1) is 0 Å². The molecule has 7 heteroatoms. The molecule has 0 fully saturated rings. The molecule has 2 rings (SSSR count). The van der Waals surface area contributed by atoms with E-state index in [9.17, 15) is 14.4 Å². The number of hydrogen-bond acceptors (Lipinski definition) is 3. The van der Waals surface area contributed by atoms with Crippen LogP contribution in [0.2, 0.25) is 0 Å². The highest BCUT2D eigenvalue weighted by atomic mass is 16.2. The maximum absolute atomic E-state index is 12.0. The van der Waals surface area contributed by atoms with Crippen molar-refractivity contribution in [3.8, 4) is 0 Å². The fourth-order valence-electron chi connectivity index (χ4n) is 2.10. The van der Waals surface area contributed by atoms with E-state index < -0.39 is 11.9 Å². The van der Waals surface area contributed by atoms with Crippen LogP contribution < -0.4 is 21.3 Å². The highest BCUT2D eigenvalue weighted by Crippen LogP contribution is 2.16. The normalized spacial score (nSPS) is 9.80. The van der Waals surface area contributed by atoms with Crippen molar-refractivity contribution < 1.29 is 14.4 Å². The first kappa shape index (κ1) is 18.0. The topological polar surface area (TPSA) is 99.3 Å². The van der Waals surface area contributed by atoms with Crippen molar-refractivity contribution in [2.45, 2.75) is 13.3 Å². The van der Waals surface area contributed by atoms with Crippen LogP contribution in [-0.2, 0) is 9.59 Å². The number of para-hydroxylation sites is 1. The summed E-state index contributed by atoms with van der Waals surface area (Å²) in [6.07, 6.45) is -0.250. The molecule has 25 heavy (non-hydrogen) atoms. The van der Waals surface area contributed by atoms with Gasteiger partial charge in [0, 0.05) is 23.6 Å². The van der Waals surface area contributed by atoms with Gasteiger partial charge in [-0.05, 0) is 37.3 Å². The van der Waals surface area contributed by atoms with E-state index in [4.69, 9.17) is 0 Å². The summed E-state index contributed by atoms with van der Waals surface area (Å²) in [7, 11) is 0. The zero-order chi connectivity index (χ0) is 18.1. The molecule has 0 atom stereocenters. The molecule has 0 aliphatic heterocycles. The van der Waals surface area contributed by atoms with Crippen LogP contribution in [0.15, 0.2) is 54.6 Å². The summed E-state index contributed by atoms with van der Waals surface area (Å²) >= 11 is 0. The minimum absolute atomic E-state index is 0.250. The molecule has 4 N–H and O–H groups in total. The van der Waals surface area contributed by atoms with Crippen LogP contribution >= 0.6 is 0 Å². The van der Waals surface area contributed by atoms with Crippen LogP contribution in [0.25, 0.3) is 0 Å². The maximum Gasteiger partial charge on any atom is 0.323 e. The van der Waals surface area contributed by atoms with Crippen LogP contribution in [0.3, 0.4) is 0 Å². The molecule has 0 saturated carbocycles. The lowest BCUT2D eigenvalue weighted by molar-refractivity contribution is -0.126. The van der Waals surface area contributed by atoms with E-state index in [0.717, 1.165) is 0 Å². The van der Waals surface area contributed by atoms with Gasteiger partial charge in [0.1, 0.15) is 6.42 Å². The smallest absolute Gasteiger partial charge is 0.323 e. The lowest BCUT2D eigenvalue weighted by Crippen LogP contribution is -2.27. The summed E-state index contributed by atoms with van der Waals surface area (Å²) in [5.41, 5.74) is 1.68. The molecule has 2 aromatic carbocycles. The van der Waals surface area contributed by atoms with Gasteiger partial charge in [-0.2, -0.15) is 0 Å². The van der Waals surface area contributed by atoms with E-state index in [2.05, 4.69) is 21.3 Å². The molecule has 7 nitrogen and oxygen atoms in total. The maximum atomic E-state index is 12.0. The van der Waals surface area contributed by atoms with Crippen LogP contribution in [-0.4, -0.2) is 24.4 Å². The van der Waals surface area contributed by atoms with Gasteiger partial charge in [-0.25, -0.2) is 4.79 Å². The second kappa shape index (κ2) is 9.07. The SMILES string of the molecule is CCNC(=O)CC(=O)Nc1cccc(NC(=O)Nc2ccccc2)c1. The minimum Gasteiger partial charge on any atom is -0.356 e. The Morgan fingerprint density at radius 2 is 1.36 bits per heavy atom. The quantitative estimate of drug-likeness (QED) is 0.608. The number of anilines is 3. The summed E-state index contributed by atoms with van der Waals surface area (Å²) in [4.78, 5) is 35.2. The minimum atomic E-state index is -0.420. The van der Waals surface area contributed by atoms with Gasteiger partial charge in [0.05, 0.1) is 0 Å². The molecular formula is C18H20N4O3. The molecule has 0 saturated heterocycles. The van der Waals surface area contributed by atoms with Crippen molar-refractivity contribution in [3.63, 3.8) is 0 Å². The third kappa shape index (κ3) is 6.34. The number of nitrogens with one attached hydrogen (secondary N) is 4. The number of amides is 4. The standard InChI is InChI=1S/C18H20N4O3/c1-2-19-16(23)12-17(24)20-14-9-6-10-15(11-14)22-18(25)21-13-7-4-3-5-8-13/h3-11H,2,12H2,1H3,(H,19,23)(H,20,24)(H2,21,22,25). The van der Waals surface area contributed by atoms with Gasteiger partial charge in [-0.15, -0.1) is 0 Å². The van der Waals surface area contributed by atoms with Gasteiger partial charge in [-0.1, -0.05) is 24.3 Å². The number of carbonyl (C=O) groups is 3. The average Bonchev–Trinajstić information content (AvgIpc) is 2.56. The van der Waals surface area contributed by atoms with Gasteiger partial charge < -0.3 is 21.3 Å². The molecule has 0 spiro atoms. The van der Waals surface area contributed by atoms with Crippen LogP contribution in [0.4, 0.5) is 21.9 Å². The number of carbonyl (C=O) groups excluding carboxylic acids is 3. The van der Waals surface area contributed by atoms with E-state index in [1.807, 2.05) is 18.2 Å². The van der Waals surface area contributed by atoms with E-state index in [1.165, 1.54) is 0 Å². The second-order valence-electron chi connectivity index (χ2n) is 5.20. The second-order valence-corrected chi connectivity index (χ2v) is 5.20. The number of benzene rings is 2. The fraction of sp³-hybridized carbons (Fsp3) is 0.167. The molecule has 0 radical (unpaired) electrons. The van der Waals surface area contributed by atoms with E-state index in [1.54, 1.807) is 43.3 Å². The average molecular weight is 340 g/mol. The van der Waals surface area contributed by atoms with Gasteiger partial charge in [0.15, 0.2) is 0 Å². The van der Waals surface area contributed by atoms with E-state index in [-0.39, 0.29) is 12.3 Å². The van der Waals surface area contributed by atoms with Gasteiger partial charge in [-0.3, -0.25) is 9.59 Å². The van der Waals surface area contributed by atoms with Crippen LogP contribution in [0.1, 0.15) is 13.3 Å². The summed E-state index contributed by atoms with van der Waals surface area (Å²) in [6, 6.07) is 15.3. The zero-order valence-corrected chi connectivity index (χ0v) is 13.8. The summed E-state index contributed by atoms with van der Waals surface area (Å²) < 4.78 is 0. The molecule has 130 valence electrons. The Hall–Kier alpha value is -3.35. The van der Waals surface area contributed by atoms with Crippen molar-refractivity contribution in [2.75, 3.05) is 22.5 Å². The van der Waals surface area contributed by atoms with Crippen LogP contribution in [0.5, 0.6) is 0 Å². The number of rotatable bonds is 6. The van der Waals surface area contributed by atoms with Gasteiger partial charge >= 0.3 is 6.03 Å². The largest absolute Gasteiger partial charge is 0.356 e.